The Hall–Kier alpha value is -3.70. The van der Waals surface area contributed by atoms with Gasteiger partial charge in [0.15, 0.2) is 0 Å². The number of para-hydroxylation sites is 1. The minimum absolute atomic E-state index is 0.222. The van der Waals surface area contributed by atoms with E-state index in [9.17, 15) is 9.59 Å². The van der Waals surface area contributed by atoms with Gasteiger partial charge in [0, 0.05) is 41.8 Å². The molecule has 5 aromatic rings. The second-order valence-corrected chi connectivity index (χ2v) is 8.86. The first-order valence-electron chi connectivity index (χ1n) is 10.8. The smallest absolute Gasteiger partial charge is 0.262 e. The van der Waals surface area contributed by atoms with Crippen LogP contribution in [-0.4, -0.2) is 53.9 Å². The van der Waals surface area contributed by atoms with Crippen LogP contribution in [0, 0.1) is 0 Å². The second kappa shape index (κ2) is 6.65. The first-order chi connectivity index (χ1) is 15.5. The fourth-order valence-corrected chi connectivity index (χ4v) is 5.14. The van der Waals surface area contributed by atoms with Gasteiger partial charge < -0.3 is 9.47 Å². The molecule has 0 radical (unpaired) electrons. The molecular formula is C27H23N3O2. The molecule has 32 heavy (non-hydrogen) atoms. The summed E-state index contributed by atoms with van der Waals surface area (Å²) in [7, 11) is 5.71. The van der Waals surface area contributed by atoms with Crippen LogP contribution in [0.1, 0.15) is 20.7 Å². The Kier molecular flexibility index (Phi) is 3.95. The quantitative estimate of drug-likeness (QED) is 0.308. The summed E-state index contributed by atoms with van der Waals surface area (Å²) in [6.07, 6.45) is 0. The van der Waals surface area contributed by atoms with Crippen LogP contribution in [-0.2, 0) is 6.54 Å². The van der Waals surface area contributed by atoms with Gasteiger partial charge in [0.1, 0.15) is 0 Å². The normalized spacial score (nSPS) is 14.1. The van der Waals surface area contributed by atoms with Crippen molar-refractivity contribution in [3.63, 3.8) is 0 Å². The summed E-state index contributed by atoms with van der Waals surface area (Å²) in [5.74, 6) is -0.446. The number of amides is 2. The lowest BCUT2D eigenvalue weighted by atomic mass is 9.93. The van der Waals surface area contributed by atoms with E-state index in [0.717, 1.165) is 56.4 Å². The van der Waals surface area contributed by atoms with Crippen molar-refractivity contribution in [2.75, 3.05) is 27.7 Å². The lowest BCUT2D eigenvalue weighted by molar-refractivity contribution is 0.0694. The highest BCUT2D eigenvalue weighted by molar-refractivity contribution is 6.37. The van der Waals surface area contributed by atoms with Gasteiger partial charge in [-0.05, 0) is 48.5 Å². The number of likely N-dealkylation sites (N-methyl/N-ethyl adjacent to an activating group) is 1. The molecule has 6 rings (SSSR count). The number of hydrogen-bond acceptors (Lipinski definition) is 3. The summed E-state index contributed by atoms with van der Waals surface area (Å²) in [4.78, 5) is 30.0. The summed E-state index contributed by atoms with van der Waals surface area (Å²) in [6.45, 7) is 1.66. The number of rotatable bonds is 3. The van der Waals surface area contributed by atoms with Gasteiger partial charge in [0.05, 0.1) is 16.6 Å². The van der Waals surface area contributed by atoms with E-state index < -0.39 is 0 Å². The first kappa shape index (κ1) is 19.0. The van der Waals surface area contributed by atoms with Gasteiger partial charge in [-0.25, -0.2) is 0 Å². The van der Waals surface area contributed by atoms with Crippen LogP contribution >= 0.6 is 0 Å². The minimum Gasteiger partial charge on any atom is -0.339 e. The highest BCUT2D eigenvalue weighted by Crippen LogP contribution is 2.43. The Balaban J connectivity index is 1.90. The minimum atomic E-state index is -0.225. The van der Waals surface area contributed by atoms with Crippen molar-refractivity contribution in [1.29, 1.82) is 0 Å². The van der Waals surface area contributed by atoms with Crippen LogP contribution in [0.5, 0.6) is 0 Å². The highest BCUT2D eigenvalue weighted by atomic mass is 16.2. The second-order valence-electron chi connectivity index (χ2n) is 8.86. The van der Waals surface area contributed by atoms with Crippen LogP contribution in [0.15, 0.2) is 60.7 Å². The van der Waals surface area contributed by atoms with Crippen molar-refractivity contribution < 1.29 is 9.59 Å². The molecule has 0 atom stereocenters. The van der Waals surface area contributed by atoms with Gasteiger partial charge in [-0.15, -0.1) is 0 Å². The molecule has 0 saturated heterocycles. The van der Waals surface area contributed by atoms with Gasteiger partial charge in [-0.1, -0.05) is 42.5 Å². The SMILES string of the molecule is CN(C)CCn1c2ccccc2c2c3c(c4cc5ccccc5cc4c21)C(=O)N(C)C3=O. The molecule has 2 heterocycles. The third-order valence-corrected chi connectivity index (χ3v) is 6.69. The van der Waals surface area contributed by atoms with Crippen molar-refractivity contribution in [3.05, 3.63) is 71.8 Å². The van der Waals surface area contributed by atoms with Crippen molar-refractivity contribution >= 4 is 55.2 Å². The third kappa shape index (κ3) is 2.43. The van der Waals surface area contributed by atoms with E-state index in [4.69, 9.17) is 0 Å². The van der Waals surface area contributed by atoms with E-state index in [-0.39, 0.29) is 11.8 Å². The molecular weight excluding hydrogens is 398 g/mol. The number of nitrogens with zero attached hydrogens (tertiary/aromatic N) is 3. The maximum Gasteiger partial charge on any atom is 0.262 e. The largest absolute Gasteiger partial charge is 0.339 e. The van der Waals surface area contributed by atoms with Gasteiger partial charge in [-0.3, -0.25) is 14.5 Å². The van der Waals surface area contributed by atoms with Gasteiger partial charge in [0.2, 0.25) is 0 Å². The summed E-state index contributed by atoms with van der Waals surface area (Å²) >= 11 is 0. The molecule has 1 aromatic heterocycles. The molecule has 0 fully saturated rings. The molecule has 5 heteroatoms. The molecule has 0 unspecified atom stereocenters. The summed E-state index contributed by atoms with van der Waals surface area (Å²) in [5.41, 5.74) is 3.18. The Morgan fingerprint density at radius 3 is 2.12 bits per heavy atom. The van der Waals surface area contributed by atoms with Crippen molar-refractivity contribution in [1.82, 2.24) is 14.4 Å². The molecule has 1 aliphatic heterocycles. The van der Waals surface area contributed by atoms with Crippen LogP contribution in [0.25, 0.3) is 43.4 Å². The Bertz CT molecular complexity index is 1610. The van der Waals surface area contributed by atoms with Gasteiger partial charge >= 0.3 is 0 Å². The zero-order valence-electron chi connectivity index (χ0n) is 18.3. The van der Waals surface area contributed by atoms with Crippen molar-refractivity contribution in [2.24, 2.45) is 0 Å². The number of benzene rings is 4. The molecule has 0 saturated carbocycles. The highest BCUT2D eigenvalue weighted by Gasteiger charge is 2.38. The molecule has 0 aliphatic carbocycles. The molecule has 1 aliphatic rings. The number of aromatic nitrogens is 1. The first-order valence-corrected chi connectivity index (χ1v) is 10.8. The number of carbonyl (C=O) groups is 2. The Labute approximate surface area is 185 Å². The van der Waals surface area contributed by atoms with E-state index in [2.05, 4.69) is 60.0 Å². The number of fused-ring (bicyclic) bond motifs is 9. The fourth-order valence-electron chi connectivity index (χ4n) is 5.14. The molecule has 0 spiro atoms. The molecule has 4 aromatic carbocycles. The van der Waals surface area contributed by atoms with E-state index >= 15 is 0 Å². The zero-order chi connectivity index (χ0) is 22.1. The van der Waals surface area contributed by atoms with Crippen LogP contribution in [0.4, 0.5) is 0 Å². The molecule has 2 amide bonds. The number of imide groups is 1. The topological polar surface area (TPSA) is 45.6 Å². The predicted molar refractivity (Wildman–Crippen MR) is 129 cm³/mol. The van der Waals surface area contributed by atoms with Crippen LogP contribution < -0.4 is 0 Å². The monoisotopic (exact) mass is 421 g/mol. The van der Waals surface area contributed by atoms with Gasteiger partial charge in [0.25, 0.3) is 11.8 Å². The third-order valence-electron chi connectivity index (χ3n) is 6.69. The van der Waals surface area contributed by atoms with E-state index in [1.165, 1.54) is 4.90 Å². The predicted octanol–water partition coefficient (Wildman–Crippen LogP) is 4.89. The van der Waals surface area contributed by atoms with Crippen LogP contribution in [0.2, 0.25) is 0 Å². The average Bonchev–Trinajstić information content (AvgIpc) is 3.24. The maximum absolute atomic E-state index is 13.3. The summed E-state index contributed by atoms with van der Waals surface area (Å²) in [6, 6.07) is 20.6. The standard InChI is InChI=1S/C27H23N3O2/c1-28(2)12-13-30-21-11-7-6-10-18(21)22-24-23(26(31)29(3)27(24)32)19-14-16-8-4-5-9-17(16)15-20(19)25(22)30/h4-11,14-15H,12-13H2,1-3H3. The van der Waals surface area contributed by atoms with Gasteiger partial charge in [-0.2, -0.15) is 0 Å². The fraction of sp³-hybridized carbons (Fsp3) is 0.185. The zero-order valence-corrected chi connectivity index (χ0v) is 18.3. The van der Waals surface area contributed by atoms with E-state index in [1.54, 1.807) is 7.05 Å². The molecule has 158 valence electrons. The summed E-state index contributed by atoms with van der Waals surface area (Å²) < 4.78 is 2.32. The maximum atomic E-state index is 13.3. The lowest BCUT2D eigenvalue weighted by Crippen LogP contribution is -2.24. The molecule has 0 bridgehead atoms. The summed E-state index contributed by atoms with van der Waals surface area (Å²) in [5, 5.41) is 5.96. The van der Waals surface area contributed by atoms with E-state index in [0.29, 0.717) is 11.1 Å². The average molecular weight is 422 g/mol. The molecule has 5 nitrogen and oxygen atoms in total. The number of hydrogen-bond donors (Lipinski definition) is 0. The Morgan fingerprint density at radius 2 is 1.41 bits per heavy atom. The van der Waals surface area contributed by atoms with Crippen molar-refractivity contribution in [3.8, 4) is 0 Å². The Morgan fingerprint density at radius 1 is 0.781 bits per heavy atom. The van der Waals surface area contributed by atoms with Crippen LogP contribution in [0.3, 0.4) is 0 Å². The van der Waals surface area contributed by atoms with Crippen molar-refractivity contribution in [2.45, 2.75) is 6.54 Å². The lowest BCUT2D eigenvalue weighted by Gasteiger charge is -2.15. The van der Waals surface area contributed by atoms with E-state index in [1.807, 2.05) is 24.3 Å². The molecule has 0 N–H and O–H groups in total. The number of carbonyl (C=O) groups excluding carboxylic acids is 2.